The summed E-state index contributed by atoms with van der Waals surface area (Å²) in [6, 6.07) is 14.4. The van der Waals surface area contributed by atoms with Gasteiger partial charge in [0.25, 0.3) is 0 Å². The molecule has 0 fully saturated rings. The normalized spacial score (nSPS) is 15.8. The highest BCUT2D eigenvalue weighted by Gasteiger charge is 2.17. The van der Waals surface area contributed by atoms with Gasteiger partial charge in [-0.15, -0.1) is 0 Å². The zero-order valence-electron chi connectivity index (χ0n) is 10.6. The zero-order valence-corrected chi connectivity index (χ0v) is 11.3. The minimum absolute atomic E-state index is 0.0373. The summed E-state index contributed by atoms with van der Waals surface area (Å²) in [7, 11) is 0. The minimum atomic E-state index is 0.0373. The first-order valence-corrected chi connectivity index (χ1v) is 6.85. The Balaban J connectivity index is 2.26. The first-order valence-electron chi connectivity index (χ1n) is 6.47. The Bertz CT molecular complexity index is 643. The fourth-order valence-corrected chi connectivity index (χ4v) is 2.92. The van der Waals surface area contributed by atoms with E-state index in [2.05, 4.69) is 24.3 Å². The van der Waals surface area contributed by atoms with Gasteiger partial charge in [0.2, 0.25) is 0 Å². The molecule has 0 aliphatic heterocycles. The molecule has 2 aromatic carbocycles. The van der Waals surface area contributed by atoms with E-state index in [1.54, 1.807) is 0 Å². The largest absolute Gasteiger partial charge is 0.392 e. The molecule has 0 saturated heterocycles. The number of aryl methyl sites for hydroxylation is 2. The topological polar surface area (TPSA) is 20.2 Å². The lowest BCUT2D eigenvalue weighted by Gasteiger charge is -2.11. The van der Waals surface area contributed by atoms with Crippen LogP contribution in [-0.4, -0.2) is 11.7 Å². The summed E-state index contributed by atoms with van der Waals surface area (Å²) in [6.07, 6.45) is 3.90. The van der Waals surface area contributed by atoms with Gasteiger partial charge in [-0.05, 0) is 52.8 Å². The molecule has 0 bridgehead atoms. The van der Waals surface area contributed by atoms with Crippen LogP contribution in [0, 0.1) is 0 Å². The third-order valence-corrected chi connectivity index (χ3v) is 3.86. The molecule has 1 N–H and O–H groups in total. The number of hydrogen-bond donors (Lipinski definition) is 1. The zero-order chi connectivity index (χ0) is 13.2. The van der Waals surface area contributed by atoms with Crippen molar-refractivity contribution < 1.29 is 5.11 Å². The van der Waals surface area contributed by atoms with Crippen molar-refractivity contribution in [1.29, 1.82) is 0 Å². The SMILES string of the molecule is OC/C=C1\c2ccccc2CCc2ccc(Cl)cc21. The fourth-order valence-electron chi connectivity index (χ4n) is 2.74. The maximum atomic E-state index is 9.32. The average molecular weight is 271 g/mol. The van der Waals surface area contributed by atoms with Crippen LogP contribution >= 0.6 is 11.6 Å². The number of hydrogen-bond acceptors (Lipinski definition) is 1. The van der Waals surface area contributed by atoms with Gasteiger partial charge in [0.1, 0.15) is 0 Å². The summed E-state index contributed by atoms with van der Waals surface area (Å²) in [5.74, 6) is 0. The molecule has 0 unspecified atom stereocenters. The van der Waals surface area contributed by atoms with E-state index in [0.717, 1.165) is 29.0 Å². The van der Waals surface area contributed by atoms with Gasteiger partial charge in [0, 0.05) is 5.02 Å². The highest BCUT2D eigenvalue weighted by atomic mass is 35.5. The van der Waals surface area contributed by atoms with Crippen LogP contribution < -0.4 is 0 Å². The summed E-state index contributed by atoms with van der Waals surface area (Å²) < 4.78 is 0. The van der Waals surface area contributed by atoms with Crippen LogP contribution in [-0.2, 0) is 12.8 Å². The molecule has 2 heteroatoms. The monoisotopic (exact) mass is 270 g/mol. The second-order valence-corrected chi connectivity index (χ2v) is 5.20. The number of aliphatic hydroxyl groups is 1. The summed E-state index contributed by atoms with van der Waals surface area (Å²) in [4.78, 5) is 0. The molecule has 0 saturated carbocycles. The summed E-state index contributed by atoms with van der Waals surface area (Å²) in [5, 5.41) is 10.1. The van der Waals surface area contributed by atoms with Gasteiger partial charge in [0.15, 0.2) is 0 Å². The molecular weight excluding hydrogens is 256 g/mol. The number of fused-ring (bicyclic) bond motifs is 2. The van der Waals surface area contributed by atoms with Crippen LogP contribution in [0.4, 0.5) is 0 Å². The van der Waals surface area contributed by atoms with Crippen molar-refractivity contribution in [3.63, 3.8) is 0 Å². The van der Waals surface area contributed by atoms with Crippen molar-refractivity contribution in [2.75, 3.05) is 6.61 Å². The Morgan fingerprint density at radius 3 is 2.53 bits per heavy atom. The van der Waals surface area contributed by atoms with E-state index in [-0.39, 0.29) is 6.61 Å². The fraction of sp³-hybridized carbons (Fsp3) is 0.176. The summed E-state index contributed by atoms with van der Waals surface area (Å²) in [6.45, 7) is 0.0373. The van der Waals surface area contributed by atoms with Crippen LogP contribution in [0.2, 0.25) is 5.02 Å². The standard InChI is InChI=1S/C17H15ClO/c18-14-8-7-13-6-5-12-3-1-2-4-15(12)16(9-10-19)17(13)11-14/h1-4,7-9,11,19H,5-6,10H2/b16-9+. The van der Waals surface area contributed by atoms with Gasteiger partial charge in [-0.25, -0.2) is 0 Å². The minimum Gasteiger partial charge on any atom is -0.392 e. The van der Waals surface area contributed by atoms with E-state index >= 15 is 0 Å². The van der Waals surface area contributed by atoms with Crippen LogP contribution in [0.25, 0.3) is 5.57 Å². The highest BCUT2D eigenvalue weighted by Crippen LogP contribution is 2.34. The number of aliphatic hydroxyl groups excluding tert-OH is 1. The van der Waals surface area contributed by atoms with E-state index in [0.29, 0.717) is 0 Å². The van der Waals surface area contributed by atoms with Gasteiger partial charge < -0.3 is 5.11 Å². The molecule has 1 aliphatic carbocycles. The van der Waals surface area contributed by atoms with Gasteiger partial charge >= 0.3 is 0 Å². The van der Waals surface area contributed by atoms with Gasteiger partial charge in [-0.2, -0.15) is 0 Å². The predicted octanol–water partition coefficient (Wildman–Crippen LogP) is 3.86. The molecule has 0 aromatic heterocycles. The van der Waals surface area contributed by atoms with Crippen LogP contribution in [0.5, 0.6) is 0 Å². The van der Waals surface area contributed by atoms with Crippen molar-refractivity contribution in [3.8, 4) is 0 Å². The summed E-state index contributed by atoms with van der Waals surface area (Å²) >= 11 is 6.13. The molecule has 1 aliphatic rings. The lowest BCUT2D eigenvalue weighted by molar-refractivity contribution is 0.343. The number of rotatable bonds is 1. The Hall–Kier alpha value is -1.57. The third kappa shape index (κ3) is 2.32. The van der Waals surface area contributed by atoms with Crippen molar-refractivity contribution in [1.82, 2.24) is 0 Å². The predicted molar refractivity (Wildman–Crippen MR) is 79.5 cm³/mol. The van der Waals surface area contributed by atoms with E-state index in [1.807, 2.05) is 24.3 Å². The molecule has 0 spiro atoms. The van der Waals surface area contributed by atoms with Gasteiger partial charge in [-0.1, -0.05) is 48.0 Å². The van der Waals surface area contributed by atoms with E-state index in [1.165, 1.54) is 16.7 Å². The lowest BCUT2D eigenvalue weighted by Crippen LogP contribution is -1.93. The molecule has 0 heterocycles. The molecule has 0 radical (unpaired) electrons. The Labute approximate surface area is 118 Å². The second kappa shape index (κ2) is 5.20. The molecular formula is C17H15ClO. The van der Waals surface area contributed by atoms with Crippen molar-refractivity contribution >= 4 is 17.2 Å². The first kappa shape index (κ1) is 12.5. The first-order chi connectivity index (χ1) is 9.29. The molecule has 0 amide bonds. The van der Waals surface area contributed by atoms with Crippen molar-refractivity contribution in [2.45, 2.75) is 12.8 Å². The molecule has 1 nitrogen and oxygen atoms in total. The smallest absolute Gasteiger partial charge is 0.0621 e. The van der Waals surface area contributed by atoms with Crippen molar-refractivity contribution in [2.24, 2.45) is 0 Å². The average Bonchev–Trinajstić information content (AvgIpc) is 2.58. The van der Waals surface area contributed by atoms with Gasteiger partial charge in [-0.3, -0.25) is 0 Å². The quantitative estimate of drug-likeness (QED) is 0.834. The van der Waals surface area contributed by atoms with E-state index in [9.17, 15) is 5.11 Å². The molecule has 2 aromatic rings. The van der Waals surface area contributed by atoms with Gasteiger partial charge in [0.05, 0.1) is 6.61 Å². The highest BCUT2D eigenvalue weighted by molar-refractivity contribution is 6.30. The van der Waals surface area contributed by atoms with E-state index < -0.39 is 0 Å². The van der Waals surface area contributed by atoms with Crippen LogP contribution in [0.1, 0.15) is 22.3 Å². The van der Waals surface area contributed by atoms with Crippen LogP contribution in [0.15, 0.2) is 48.5 Å². The molecule has 0 atom stereocenters. The van der Waals surface area contributed by atoms with Crippen LogP contribution in [0.3, 0.4) is 0 Å². The molecule has 19 heavy (non-hydrogen) atoms. The summed E-state index contributed by atoms with van der Waals surface area (Å²) in [5.41, 5.74) is 6.06. The van der Waals surface area contributed by atoms with E-state index in [4.69, 9.17) is 11.6 Å². The lowest BCUT2D eigenvalue weighted by atomic mass is 9.94. The molecule has 96 valence electrons. The Morgan fingerprint density at radius 2 is 1.74 bits per heavy atom. The maximum Gasteiger partial charge on any atom is 0.0621 e. The molecule has 3 rings (SSSR count). The third-order valence-electron chi connectivity index (χ3n) is 3.63. The second-order valence-electron chi connectivity index (χ2n) is 4.76. The number of benzene rings is 2. The Morgan fingerprint density at radius 1 is 1.00 bits per heavy atom. The Kier molecular flexibility index (Phi) is 3.41. The number of halogens is 1. The maximum absolute atomic E-state index is 9.32. The van der Waals surface area contributed by atoms with Crippen molar-refractivity contribution in [3.05, 3.63) is 75.8 Å².